The van der Waals surface area contributed by atoms with E-state index in [1.54, 1.807) is 12.1 Å². The van der Waals surface area contributed by atoms with E-state index in [1.165, 1.54) is 23.2 Å². The highest BCUT2D eigenvalue weighted by molar-refractivity contribution is 5.98. The highest BCUT2D eigenvalue weighted by Gasteiger charge is 2.44. The third kappa shape index (κ3) is 7.07. The minimum Gasteiger partial charge on any atom is -0.379 e. The fourth-order valence-electron chi connectivity index (χ4n) is 3.47. The van der Waals surface area contributed by atoms with Gasteiger partial charge < -0.3 is 15.8 Å². The Hall–Kier alpha value is -3.36. The van der Waals surface area contributed by atoms with Gasteiger partial charge in [0.15, 0.2) is 0 Å². The van der Waals surface area contributed by atoms with Gasteiger partial charge in [0, 0.05) is 36.3 Å². The van der Waals surface area contributed by atoms with Gasteiger partial charge in [-0.2, -0.15) is 0 Å². The molecule has 1 saturated heterocycles. The first-order valence-electron chi connectivity index (χ1n) is 11.0. The van der Waals surface area contributed by atoms with E-state index < -0.39 is 29.8 Å². The molecule has 1 heterocycles. The number of alkyl halides is 2. The number of amides is 2. The number of carbonyl (C=O) groups excluding carboxylic acids is 2. The normalized spacial score (nSPS) is 16.5. The summed E-state index contributed by atoms with van der Waals surface area (Å²) in [6, 6.07) is 12.2. The molecule has 10 heteroatoms. The average molecular weight is 487 g/mol. The van der Waals surface area contributed by atoms with E-state index in [-0.39, 0.29) is 5.56 Å². The van der Waals surface area contributed by atoms with Gasteiger partial charge in [-0.15, -0.1) is 0 Å². The van der Waals surface area contributed by atoms with Crippen LogP contribution in [-0.4, -0.2) is 66.2 Å². The maximum absolute atomic E-state index is 13.3. The average Bonchev–Trinajstić information content (AvgIpc) is 2.87. The van der Waals surface area contributed by atoms with Gasteiger partial charge in [0.05, 0.1) is 13.2 Å². The van der Waals surface area contributed by atoms with Crippen LogP contribution in [0.4, 0.5) is 8.78 Å². The standard InChI is InChI=1S/C25H28F2N4O4/c1-25(28,24(26)27)21(23(33)30-34)29-22(32)20-10-8-18(9-11-20)3-2-17-4-6-19(7-5-17)16-31-12-14-35-15-13-31/h4-11,21,24,34H,12-16,28H2,1H3,(H,29,32)(H,30,33)/t21-,25+/m1/s1. The lowest BCUT2D eigenvalue weighted by atomic mass is 9.92. The summed E-state index contributed by atoms with van der Waals surface area (Å²) in [6.45, 7) is 5.12. The van der Waals surface area contributed by atoms with Crippen LogP contribution in [0.2, 0.25) is 0 Å². The lowest BCUT2D eigenvalue weighted by Gasteiger charge is -2.32. The molecule has 0 spiro atoms. The summed E-state index contributed by atoms with van der Waals surface area (Å²) in [5, 5.41) is 11.0. The van der Waals surface area contributed by atoms with Crippen molar-refractivity contribution >= 4 is 11.8 Å². The van der Waals surface area contributed by atoms with Gasteiger partial charge in [-0.3, -0.25) is 19.7 Å². The number of nitrogens with one attached hydrogen (secondary N) is 2. The first-order valence-corrected chi connectivity index (χ1v) is 11.0. The number of halogens is 2. The van der Waals surface area contributed by atoms with E-state index in [9.17, 15) is 18.4 Å². The molecule has 0 aromatic heterocycles. The summed E-state index contributed by atoms with van der Waals surface area (Å²) in [4.78, 5) is 26.6. The highest BCUT2D eigenvalue weighted by atomic mass is 19.3. The Kier molecular flexibility index (Phi) is 8.89. The first-order chi connectivity index (χ1) is 16.7. The topological polar surface area (TPSA) is 117 Å². The quantitative estimate of drug-likeness (QED) is 0.268. The Labute approximate surface area is 202 Å². The maximum Gasteiger partial charge on any atom is 0.268 e. The predicted octanol–water partition coefficient (Wildman–Crippen LogP) is 1.50. The third-order valence-electron chi connectivity index (χ3n) is 5.70. The number of nitrogens with zero attached hydrogens (tertiary/aromatic N) is 1. The Bertz CT molecular complexity index is 1070. The Balaban J connectivity index is 1.62. The molecule has 2 atom stereocenters. The largest absolute Gasteiger partial charge is 0.379 e. The molecule has 0 saturated carbocycles. The second kappa shape index (κ2) is 11.9. The van der Waals surface area contributed by atoms with Gasteiger partial charge in [0.1, 0.15) is 11.6 Å². The predicted molar refractivity (Wildman–Crippen MR) is 125 cm³/mol. The maximum atomic E-state index is 13.3. The molecule has 2 amide bonds. The van der Waals surface area contributed by atoms with Crippen LogP contribution in [0.15, 0.2) is 48.5 Å². The summed E-state index contributed by atoms with van der Waals surface area (Å²) in [5.41, 5.74) is 7.16. The Morgan fingerprint density at radius 3 is 2.14 bits per heavy atom. The molecule has 186 valence electrons. The summed E-state index contributed by atoms with van der Waals surface area (Å²) in [7, 11) is 0. The van der Waals surface area contributed by atoms with Crippen molar-refractivity contribution in [2.75, 3.05) is 26.3 Å². The van der Waals surface area contributed by atoms with Crippen molar-refractivity contribution in [3.05, 3.63) is 70.8 Å². The molecule has 0 radical (unpaired) electrons. The van der Waals surface area contributed by atoms with Crippen molar-refractivity contribution in [1.29, 1.82) is 0 Å². The van der Waals surface area contributed by atoms with Crippen LogP contribution in [0.5, 0.6) is 0 Å². The van der Waals surface area contributed by atoms with Crippen molar-refractivity contribution < 1.29 is 28.3 Å². The minimum absolute atomic E-state index is 0.115. The number of hydrogen-bond acceptors (Lipinski definition) is 6. The molecule has 35 heavy (non-hydrogen) atoms. The monoisotopic (exact) mass is 486 g/mol. The summed E-state index contributed by atoms with van der Waals surface area (Å²) >= 11 is 0. The van der Waals surface area contributed by atoms with E-state index in [2.05, 4.69) is 22.1 Å². The van der Waals surface area contributed by atoms with Crippen LogP contribution in [0.1, 0.15) is 34.0 Å². The van der Waals surface area contributed by atoms with Crippen LogP contribution in [0.25, 0.3) is 0 Å². The van der Waals surface area contributed by atoms with E-state index in [4.69, 9.17) is 15.7 Å². The molecular formula is C25H28F2N4O4. The molecule has 1 fully saturated rings. The van der Waals surface area contributed by atoms with Crippen molar-refractivity contribution in [3.8, 4) is 11.8 Å². The molecule has 2 aromatic carbocycles. The summed E-state index contributed by atoms with van der Waals surface area (Å²) < 4.78 is 31.9. The van der Waals surface area contributed by atoms with Crippen molar-refractivity contribution in [1.82, 2.24) is 15.7 Å². The van der Waals surface area contributed by atoms with Gasteiger partial charge >= 0.3 is 0 Å². The molecule has 0 unspecified atom stereocenters. The Morgan fingerprint density at radius 2 is 1.63 bits per heavy atom. The van der Waals surface area contributed by atoms with Gasteiger partial charge in [0.25, 0.3) is 18.2 Å². The molecular weight excluding hydrogens is 458 g/mol. The Morgan fingerprint density at radius 1 is 1.09 bits per heavy atom. The van der Waals surface area contributed by atoms with Crippen molar-refractivity contribution in [2.45, 2.75) is 31.5 Å². The highest BCUT2D eigenvalue weighted by Crippen LogP contribution is 2.18. The van der Waals surface area contributed by atoms with Crippen LogP contribution >= 0.6 is 0 Å². The van der Waals surface area contributed by atoms with E-state index in [1.807, 2.05) is 24.3 Å². The SMILES string of the molecule is C[C@@](N)(C(F)F)[C@H](NC(=O)c1ccc(C#Cc2ccc(CN3CCOCC3)cc2)cc1)C(=O)NO. The first kappa shape index (κ1) is 26.2. The lowest BCUT2D eigenvalue weighted by Crippen LogP contribution is -2.66. The number of hydroxylamine groups is 1. The minimum atomic E-state index is -3.13. The molecule has 5 N–H and O–H groups in total. The van der Waals surface area contributed by atoms with Crippen molar-refractivity contribution in [2.24, 2.45) is 5.73 Å². The molecule has 1 aliphatic heterocycles. The van der Waals surface area contributed by atoms with Gasteiger partial charge in [-0.25, -0.2) is 14.3 Å². The molecule has 8 nitrogen and oxygen atoms in total. The van der Waals surface area contributed by atoms with Crippen LogP contribution in [-0.2, 0) is 16.1 Å². The zero-order chi connectivity index (χ0) is 25.4. The number of nitrogens with two attached hydrogens (primary N) is 1. The number of carbonyl (C=O) groups is 2. The van der Waals surface area contributed by atoms with Crippen molar-refractivity contribution in [3.63, 3.8) is 0 Å². The van der Waals surface area contributed by atoms with E-state index >= 15 is 0 Å². The number of benzene rings is 2. The van der Waals surface area contributed by atoms with Crippen LogP contribution in [0, 0.1) is 11.8 Å². The fraction of sp³-hybridized carbons (Fsp3) is 0.360. The second-order valence-corrected chi connectivity index (χ2v) is 8.46. The van der Waals surface area contributed by atoms with Gasteiger partial charge in [-0.1, -0.05) is 24.0 Å². The second-order valence-electron chi connectivity index (χ2n) is 8.46. The smallest absolute Gasteiger partial charge is 0.268 e. The number of morpholine rings is 1. The molecule has 0 aliphatic carbocycles. The lowest BCUT2D eigenvalue weighted by molar-refractivity contribution is -0.134. The molecule has 2 aromatic rings. The summed E-state index contributed by atoms with van der Waals surface area (Å²) in [5.74, 6) is 4.03. The molecule has 1 aliphatic rings. The third-order valence-corrected chi connectivity index (χ3v) is 5.70. The number of hydrogen-bond donors (Lipinski definition) is 4. The van der Waals surface area contributed by atoms with Crippen LogP contribution < -0.4 is 16.5 Å². The van der Waals surface area contributed by atoms with Crippen LogP contribution in [0.3, 0.4) is 0 Å². The zero-order valence-corrected chi connectivity index (χ0v) is 19.3. The van der Waals surface area contributed by atoms with Gasteiger partial charge in [-0.05, 0) is 48.9 Å². The molecule has 3 rings (SSSR count). The fourth-order valence-corrected chi connectivity index (χ4v) is 3.47. The zero-order valence-electron chi connectivity index (χ0n) is 19.3. The van der Waals surface area contributed by atoms with E-state index in [0.29, 0.717) is 5.56 Å². The molecule has 0 bridgehead atoms. The van der Waals surface area contributed by atoms with Gasteiger partial charge in [0.2, 0.25) is 0 Å². The van der Waals surface area contributed by atoms with E-state index in [0.717, 1.165) is 45.3 Å². The number of rotatable bonds is 7. The summed E-state index contributed by atoms with van der Waals surface area (Å²) in [6.07, 6.45) is -3.13. The number of ether oxygens (including phenoxy) is 1.